The van der Waals surface area contributed by atoms with Crippen molar-refractivity contribution in [3.8, 4) is 5.75 Å². The lowest BCUT2D eigenvalue weighted by molar-refractivity contribution is 0.0977. The number of carbonyl (C=O) groups excluding carboxylic acids is 1. The van der Waals surface area contributed by atoms with E-state index in [0.29, 0.717) is 6.42 Å². The van der Waals surface area contributed by atoms with Crippen LogP contribution in [-0.2, 0) is 7.05 Å². The Morgan fingerprint density at radius 3 is 2.81 bits per heavy atom. The van der Waals surface area contributed by atoms with E-state index in [9.17, 15) is 4.79 Å². The van der Waals surface area contributed by atoms with Gasteiger partial charge in [-0.05, 0) is 35.7 Å². The van der Waals surface area contributed by atoms with Gasteiger partial charge in [0.05, 0.1) is 7.11 Å². The smallest absolute Gasteiger partial charge is 0.165 e. The van der Waals surface area contributed by atoms with Crippen LogP contribution in [0, 0.1) is 0 Å². The number of hydrogen-bond donors (Lipinski definition) is 1. The molecule has 2 aromatic carbocycles. The number of fused-ring (bicyclic) bond motifs is 2. The Bertz CT molecular complexity index is 1100. The molecule has 0 spiro atoms. The quantitative estimate of drug-likeness (QED) is 0.514. The highest BCUT2D eigenvalue weighted by molar-refractivity contribution is 6.08. The van der Waals surface area contributed by atoms with Crippen molar-refractivity contribution in [2.45, 2.75) is 19.3 Å². The van der Waals surface area contributed by atoms with E-state index in [4.69, 9.17) is 4.74 Å². The molecule has 0 saturated heterocycles. The zero-order valence-corrected chi connectivity index (χ0v) is 15.2. The minimum atomic E-state index is 0.113. The average molecular weight is 346 g/mol. The fourth-order valence-electron chi connectivity index (χ4n) is 3.72. The number of benzene rings is 2. The Morgan fingerprint density at radius 2 is 2.00 bits per heavy atom. The second-order valence-corrected chi connectivity index (χ2v) is 6.85. The molecule has 4 heteroatoms. The van der Waals surface area contributed by atoms with E-state index in [1.165, 1.54) is 0 Å². The number of aromatic amines is 1. The maximum absolute atomic E-state index is 13.0. The van der Waals surface area contributed by atoms with Crippen LogP contribution in [0.5, 0.6) is 5.75 Å². The Labute approximate surface area is 152 Å². The van der Waals surface area contributed by atoms with Crippen molar-refractivity contribution in [3.63, 3.8) is 0 Å². The molecule has 1 atom stereocenters. The summed E-state index contributed by atoms with van der Waals surface area (Å²) in [6, 6.07) is 14.0. The van der Waals surface area contributed by atoms with Crippen molar-refractivity contribution in [2.24, 2.45) is 7.05 Å². The maximum atomic E-state index is 13.0. The van der Waals surface area contributed by atoms with Crippen LogP contribution in [0.4, 0.5) is 0 Å². The molecule has 0 aliphatic carbocycles. The molecule has 1 unspecified atom stereocenters. The molecular weight excluding hydrogens is 324 g/mol. The minimum absolute atomic E-state index is 0.113. The first kappa shape index (κ1) is 16.5. The van der Waals surface area contributed by atoms with Gasteiger partial charge in [-0.2, -0.15) is 0 Å². The van der Waals surface area contributed by atoms with Gasteiger partial charge in [0.15, 0.2) is 5.78 Å². The topological polar surface area (TPSA) is 47.0 Å². The van der Waals surface area contributed by atoms with E-state index >= 15 is 0 Å². The Kier molecular flexibility index (Phi) is 4.03. The molecule has 4 nitrogen and oxygen atoms in total. The predicted molar refractivity (Wildman–Crippen MR) is 105 cm³/mol. The molecule has 0 fully saturated rings. The van der Waals surface area contributed by atoms with Crippen LogP contribution in [0.2, 0.25) is 0 Å². The number of H-pyrrole nitrogens is 1. The normalized spacial score (nSPS) is 12.6. The molecule has 2 heterocycles. The van der Waals surface area contributed by atoms with Gasteiger partial charge in [-0.1, -0.05) is 25.1 Å². The van der Waals surface area contributed by atoms with E-state index in [-0.39, 0.29) is 11.7 Å². The van der Waals surface area contributed by atoms with Crippen molar-refractivity contribution in [2.75, 3.05) is 7.11 Å². The van der Waals surface area contributed by atoms with Gasteiger partial charge >= 0.3 is 0 Å². The van der Waals surface area contributed by atoms with Crippen molar-refractivity contribution < 1.29 is 9.53 Å². The van der Waals surface area contributed by atoms with Gasteiger partial charge in [0.1, 0.15) is 5.75 Å². The van der Waals surface area contributed by atoms with Gasteiger partial charge < -0.3 is 14.3 Å². The molecule has 0 amide bonds. The standard InChI is InChI=1S/C22H22N2O2/c1-14(18-12-23-20-9-8-15(26-3)11-17(18)20)10-22(25)19-13-24(2)21-7-5-4-6-16(19)21/h4-9,11-14,23H,10H2,1-3H3. The number of aromatic nitrogens is 2. The van der Waals surface area contributed by atoms with E-state index in [1.807, 2.05) is 66.5 Å². The van der Waals surface area contributed by atoms with Crippen molar-refractivity contribution >= 4 is 27.6 Å². The summed E-state index contributed by atoms with van der Waals surface area (Å²) in [5, 5.41) is 2.13. The van der Waals surface area contributed by atoms with E-state index in [2.05, 4.69) is 11.9 Å². The molecular formula is C22H22N2O2. The highest BCUT2D eigenvalue weighted by Crippen LogP contribution is 2.32. The van der Waals surface area contributed by atoms with E-state index in [0.717, 1.165) is 38.7 Å². The molecule has 0 aliphatic rings. The Hall–Kier alpha value is -3.01. The number of ketones is 1. The lowest BCUT2D eigenvalue weighted by Gasteiger charge is -2.10. The third kappa shape index (κ3) is 2.68. The van der Waals surface area contributed by atoms with Gasteiger partial charge in [-0.3, -0.25) is 4.79 Å². The average Bonchev–Trinajstić information content (AvgIpc) is 3.23. The molecule has 0 radical (unpaired) electrons. The van der Waals surface area contributed by atoms with Crippen LogP contribution >= 0.6 is 0 Å². The monoisotopic (exact) mass is 346 g/mol. The van der Waals surface area contributed by atoms with Gasteiger partial charge in [0.25, 0.3) is 0 Å². The summed E-state index contributed by atoms with van der Waals surface area (Å²) >= 11 is 0. The fourth-order valence-corrected chi connectivity index (χ4v) is 3.72. The highest BCUT2D eigenvalue weighted by atomic mass is 16.5. The SMILES string of the molecule is COc1ccc2[nH]cc(C(C)CC(=O)c3cn(C)c4ccccc34)c2c1. The van der Waals surface area contributed by atoms with Gasteiger partial charge in [-0.15, -0.1) is 0 Å². The molecule has 132 valence electrons. The molecule has 0 bridgehead atoms. The zero-order valence-electron chi connectivity index (χ0n) is 15.2. The number of nitrogens with zero attached hydrogens (tertiary/aromatic N) is 1. The molecule has 26 heavy (non-hydrogen) atoms. The number of ether oxygens (including phenoxy) is 1. The van der Waals surface area contributed by atoms with E-state index < -0.39 is 0 Å². The summed E-state index contributed by atoms with van der Waals surface area (Å²) in [4.78, 5) is 16.3. The van der Waals surface area contributed by atoms with Crippen LogP contribution < -0.4 is 4.74 Å². The molecule has 0 saturated carbocycles. The zero-order chi connectivity index (χ0) is 18.3. The molecule has 4 aromatic rings. The van der Waals surface area contributed by atoms with Crippen molar-refractivity contribution in [3.05, 3.63) is 66.0 Å². The molecule has 4 rings (SSSR count). The Morgan fingerprint density at radius 1 is 1.19 bits per heavy atom. The van der Waals surface area contributed by atoms with Gasteiger partial charge in [0.2, 0.25) is 0 Å². The van der Waals surface area contributed by atoms with Gasteiger partial charge in [-0.25, -0.2) is 0 Å². The fraction of sp³-hybridized carbons (Fsp3) is 0.227. The van der Waals surface area contributed by atoms with Crippen LogP contribution in [0.25, 0.3) is 21.8 Å². The number of aryl methyl sites for hydroxylation is 1. The predicted octanol–water partition coefficient (Wildman–Crippen LogP) is 5.04. The third-order valence-corrected chi connectivity index (χ3v) is 5.14. The number of rotatable bonds is 5. The largest absolute Gasteiger partial charge is 0.497 e. The van der Waals surface area contributed by atoms with E-state index in [1.54, 1.807) is 7.11 Å². The van der Waals surface area contributed by atoms with Crippen molar-refractivity contribution in [1.82, 2.24) is 9.55 Å². The maximum Gasteiger partial charge on any atom is 0.165 e. The second kappa shape index (κ2) is 6.37. The number of para-hydroxylation sites is 1. The number of Topliss-reactive ketones (excluding diaryl/α,β-unsaturated/α-hetero) is 1. The van der Waals surface area contributed by atoms with Crippen LogP contribution in [0.3, 0.4) is 0 Å². The molecule has 0 aliphatic heterocycles. The summed E-state index contributed by atoms with van der Waals surface area (Å²) in [5.41, 5.74) is 4.09. The first-order valence-electron chi connectivity index (χ1n) is 8.80. The van der Waals surface area contributed by atoms with Crippen LogP contribution in [-0.4, -0.2) is 22.4 Å². The molecule has 2 aromatic heterocycles. The van der Waals surface area contributed by atoms with Gasteiger partial charge in [0, 0.05) is 53.2 Å². The minimum Gasteiger partial charge on any atom is -0.497 e. The first-order valence-corrected chi connectivity index (χ1v) is 8.80. The third-order valence-electron chi connectivity index (χ3n) is 5.14. The lowest BCUT2D eigenvalue weighted by atomic mass is 9.93. The lowest BCUT2D eigenvalue weighted by Crippen LogP contribution is -2.04. The van der Waals surface area contributed by atoms with Crippen molar-refractivity contribution in [1.29, 1.82) is 0 Å². The summed E-state index contributed by atoms with van der Waals surface area (Å²) in [6.45, 7) is 2.10. The van der Waals surface area contributed by atoms with Crippen LogP contribution in [0.1, 0.15) is 35.2 Å². The van der Waals surface area contributed by atoms with Crippen LogP contribution in [0.15, 0.2) is 54.9 Å². The second-order valence-electron chi connectivity index (χ2n) is 6.85. The summed E-state index contributed by atoms with van der Waals surface area (Å²) in [6.07, 6.45) is 4.42. The number of carbonyl (C=O) groups is 1. The number of hydrogen-bond acceptors (Lipinski definition) is 2. The number of methoxy groups -OCH3 is 1. The Balaban J connectivity index is 1.65. The first-order chi connectivity index (χ1) is 12.6. The summed E-state index contributed by atoms with van der Waals surface area (Å²) < 4.78 is 7.36. The number of nitrogens with one attached hydrogen (secondary N) is 1. The highest BCUT2D eigenvalue weighted by Gasteiger charge is 2.19. The summed E-state index contributed by atoms with van der Waals surface area (Å²) in [7, 11) is 3.65. The summed E-state index contributed by atoms with van der Waals surface area (Å²) in [5.74, 6) is 1.11. The molecule has 1 N–H and O–H groups in total.